The maximum Gasteiger partial charge on any atom is 0.148 e. The summed E-state index contributed by atoms with van der Waals surface area (Å²) in [4.78, 5) is 0. The number of rotatable bonds is 6. The summed E-state index contributed by atoms with van der Waals surface area (Å²) in [6.45, 7) is 5.01. The molecule has 0 saturated carbocycles. The molecule has 23 heavy (non-hydrogen) atoms. The van der Waals surface area contributed by atoms with Crippen LogP contribution in [0.4, 0.5) is 0 Å². The van der Waals surface area contributed by atoms with Crippen molar-refractivity contribution in [2.75, 3.05) is 6.61 Å². The van der Waals surface area contributed by atoms with Crippen LogP contribution >= 0.6 is 11.3 Å². The number of benzene rings is 2. The number of aromatic nitrogens is 2. The fourth-order valence-electron chi connectivity index (χ4n) is 2.18. The van der Waals surface area contributed by atoms with Gasteiger partial charge in [0.25, 0.3) is 0 Å². The lowest BCUT2D eigenvalue weighted by Gasteiger charge is -2.05. The van der Waals surface area contributed by atoms with Crippen molar-refractivity contribution in [3.8, 4) is 26.9 Å². The van der Waals surface area contributed by atoms with Crippen molar-refractivity contribution in [3.05, 3.63) is 54.1 Å². The molecule has 1 heterocycles. The molecule has 0 saturated heterocycles. The standard InChI is InChI=1S/C19H20N2OS/c1-3-4-13-22-17-11-9-16(10-12-17)19-21-20-18(23-19)15-7-5-14(2)6-8-15/h5-12H,3-4,13H2,1-2H3. The molecule has 0 atom stereocenters. The second kappa shape index (κ2) is 7.38. The summed E-state index contributed by atoms with van der Waals surface area (Å²) in [6, 6.07) is 16.4. The third kappa shape index (κ3) is 3.96. The normalized spacial score (nSPS) is 10.7. The molecule has 0 unspecified atom stereocenters. The number of unbranched alkanes of at least 4 members (excludes halogenated alkanes) is 1. The molecule has 1 aromatic heterocycles. The van der Waals surface area contributed by atoms with Crippen LogP contribution in [0.15, 0.2) is 48.5 Å². The number of aryl methyl sites for hydroxylation is 1. The molecule has 0 radical (unpaired) electrons. The van der Waals surface area contributed by atoms with Gasteiger partial charge in [0.15, 0.2) is 0 Å². The lowest BCUT2D eigenvalue weighted by molar-refractivity contribution is 0.309. The first kappa shape index (κ1) is 15.7. The predicted molar refractivity (Wildman–Crippen MR) is 95.9 cm³/mol. The van der Waals surface area contributed by atoms with Gasteiger partial charge < -0.3 is 4.74 Å². The van der Waals surface area contributed by atoms with E-state index < -0.39 is 0 Å². The van der Waals surface area contributed by atoms with Crippen molar-refractivity contribution in [1.82, 2.24) is 10.2 Å². The quantitative estimate of drug-likeness (QED) is 0.573. The first-order valence-electron chi connectivity index (χ1n) is 7.90. The minimum atomic E-state index is 0.770. The molecular weight excluding hydrogens is 304 g/mol. The van der Waals surface area contributed by atoms with Crippen LogP contribution in [0.3, 0.4) is 0 Å². The Morgan fingerprint density at radius 2 is 1.43 bits per heavy atom. The minimum Gasteiger partial charge on any atom is -0.494 e. The molecule has 0 N–H and O–H groups in total. The highest BCUT2D eigenvalue weighted by Crippen LogP contribution is 2.30. The van der Waals surface area contributed by atoms with Gasteiger partial charge in [0, 0.05) is 11.1 Å². The van der Waals surface area contributed by atoms with Crippen molar-refractivity contribution in [2.45, 2.75) is 26.7 Å². The fraction of sp³-hybridized carbons (Fsp3) is 0.263. The van der Waals surface area contributed by atoms with Crippen LogP contribution in [-0.2, 0) is 0 Å². The molecule has 3 aromatic rings. The summed E-state index contributed by atoms with van der Waals surface area (Å²) >= 11 is 1.61. The maximum absolute atomic E-state index is 5.69. The number of hydrogen-bond acceptors (Lipinski definition) is 4. The van der Waals surface area contributed by atoms with Gasteiger partial charge >= 0.3 is 0 Å². The minimum absolute atomic E-state index is 0.770. The Morgan fingerprint density at radius 1 is 0.870 bits per heavy atom. The van der Waals surface area contributed by atoms with Crippen molar-refractivity contribution in [1.29, 1.82) is 0 Å². The Morgan fingerprint density at radius 3 is 2.00 bits per heavy atom. The molecule has 0 aliphatic heterocycles. The highest BCUT2D eigenvalue weighted by Gasteiger charge is 2.08. The third-order valence-corrected chi connectivity index (χ3v) is 4.61. The molecular formula is C19H20N2OS. The molecule has 0 aliphatic carbocycles. The summed E-state index contributed by atoms with van der Waals surface area (Å²) in [6.07, 6.45) is 2.22. The van der Waals surface area contributed by atoms with Gasteiger partial charge in [0.05, 0.1) is 6.61 Å². The Bertz CT molecular complexity index is 748. The average molecular weight is 324 g/mol. The summed E-state index contributed by atoms with van der Waals surface area (Å²) in [5, 5.41) is 10.5. The fourth-order valence-corrected chi connectivity index (χ4v) is 3.04. The van der Waals surface area contributed by atoms with Crippen LogP contribution in [0, 0.1) is 6.92 Å². The molecule has 118 valence electrons. The maximum atomic E-state index is 5.69. The van der Waals surface area contributed by atoms with E-state index in [0.29, 0.717) is 0 Å². The van der Waals surface area contributed by atoms with Crippen LogP contribution in [-0.4, -0.2) is 16.8 Å². The van der Waals surface area contributed by atoms with E-state index in [9.17, 15) is 0 Å². The molecule has 0 bridgehead atoms. The van der Waals surface area contributed by atoms with E-state index in [2.05, 4.69) is 48.3 Å². The molecule has 0 aliphatic rings. The molecule has 4 heteroatoms. The van der Waals surface area contributed by atoms with Gasteiger partial charge in [-0.3, -0.25) is 0 Å². The topological polar surface area (TPSA) is 35.0 Å². The van der Waals surface area contributed by atoms with Crippen LogP contribution in [0.2, 0.25) is 0 Å². The van der Waals surface area contributed by atoms with E-state index in [0.717, 1.165) is 46.3 Å². The Hall–Kier alpha value is -2.20. The van der Waals surface area contributed by atoms with Crippen molar-refractivity contribution in [2.24, 2.45) is 0 Å². The summed E-state index contributed by atoms with van der Waals surface area (Å²) in [7, 11) is 0. The Labute approximate surface area is 141 Å². The van der Waals surface area contributed by atoms with Crippen LogP contribution in [0.1, 0.15) is 25.3 Å². The first-order chi connectivity index (χ1) is 11.3. The van der Waals surface area contributed by atoms with Crippen LogP contribution < -0.4 is 4.74 Å². The van der Waals surface area contributed by atoms with E-state index in [-0.39, 0.29) is 0 Å². The third-order valence-electron chi connectivity index (χ3n) is 3.59. The summed E-state index contributed by atoms with van der Waals surface area (Å²) in [5.41, 5.74) is 3.43. The molecule has 0 amide bonds. The second-order valence-corrected chi connectivity index (χ2v) is 6.48. The predicted octanol–water partition coefficient (Wildman–Crippen LogP) is 5.36. The molecule has 3 rings (SSSR count). The van der Waals surface area contributed by atoms with Crippen molar-refractivity contribution < 1.29 is 4.74 Å². The van der Waals surface area contributed by atoms with Gasteiger partial charge in [-0.25, -0.2) is 0 Å². The van der Waals surface area contributed by atoms with Gasteiger partial charge in [0.1, 0.15) is 15.8 Å². The van der Waals surface area contributed by atoms with E-state index in [4.69, 9.17) is 4.74 Å². The summed E-state index contributed by atoms with van der Waals surface area (Å²) in [5.74, 6) is 0.908. The van der Waals surface area contributed by atoms with E-state index >= 15 is 0 Å². The second-order valence-electron chi connectivity index (χ2n) is 5.50. The van der Waals surface area contributed by atoms with Crippen LogP contribution in [0.5, 0.6) is 5.75 Å². The first-order valence-corrected chi connectivity index (χ1v) is 8.71. The van der Waals surface area contributed by atoms with E-state index in [1.165, 1.54) is 5.56 Å². The highest BCUT2D eigenvalue weighted by atomic mass is 32.1. The molecule has 0 fully saturated rings. The lowest BCUT2D eigenvalue weighted by Crippen LogP contribution is -1.95. The lowest BCUT2D eigenvalue weighted by atomic mass is 10.2. The van der Waals surface area contributed by atoms with Gasteiger partial charge in [-0.15, -0.1) is 10.2 Å². The van der Waals surface area contributed by atoms with Crippen molar-refractivity contribution in [3.63, 3.8) is 0 Å². The van der Waals surface area contributed by atoms with E-state index in [1.54, 1.807) is 11.3 Å². The zero-order chi connectivity index (χ0) is 16.1. The zero-order valence-corrected chi connectivity index (χ0v) is 14.3. The zero-order valence-electron chi connectivity index (χ0n) is 13.5. The Balaban J connectivity index is 1.73. The van der Waals surface area contributed by atoms with Gasteiger partial charge in [-0.2, -0.15) is 0 Å². The SMILES string of the molecule is CCCCOc1ccc(-c2nnc(-c3ccc(C)cc3)s2)cc1. The summed E-state index contributed by atoms with van der Waals surface area (Å²) < 4.78 is 5.69. The van der Waals surface area contributed by atoms with Gasteiger partial charge in [-0.1, -0.05) is 54.5 Å². The largest absolute Gasteiger partial charge is 0.494 e. The number of nitrogens with zero attached hydrogens (tertiary/aromatic N) is 2. The van der Waals surface area contributed by atoms with Crippen LogP contribution in [0.25, 0.3) is 21.1 Å². The average Bonchev–Trinajstić information content (AvgIpc) is 3.06. The monoisotopic (exact) mass is 324 g/mol. The molecule has 3 nitrogen and oxygen atoms in total. The smallest absolute Gasteiger partial charge is 0.148 e. The molecule has 0 spiro atoms. The Kier molecular flexibility index (Phi) is 5.03. The van der Waals surface area contributed by atoms with Gasteiger partial charge in [-0.05, 0) is 37.6 Å². The van der Waals surface area contributed by atoms with Gasteiger partial charge in [0.2, 0.25) is 0 Å². The van der Waals surface area contributed by atoms with E-state index in [1.807, 2.05) is 24.3 Å². The number of ether oxygens (including phenoxy) is 1. The van der Waals surface area contributed by atoms with Crippen molar-refractivity contribution >= 4 is 11.3 Å². The molecule has 2 aromatic carbocycles. The highest BCUT2D eigenvalue weighted by molar-refractivity contribution is 7.17. The number of hydrogen-bond donors (Lipinski definition) is 0.